The second-order valence-corrected chi connectivity index (χ2v) is 5.30. The Labute approximate surface area is 103 Å². The number of ether oxygens (including phenoxy) is 1. The molecule has 2 heterocycles. The number of nitrogens with one attached hydrogen (secondary N) is 2. The molecule has 2 saturated heterocycles. The fraction of sp³-hybridized carbons (Fsp3) is 0.923. The number of hydrogen-bond donors (Lipinski definition) is 2. The second-order valence-electron chi connectivity index (χ2n) is 5.30. The van der Waals surface area contributed by atoms with Gasteiger partial charge in [0.2, 0.25) is 5.91 Å². The third-order valence-corrected chi connectivity index (χ3v) is 4.13. The molecule has 4 nitrogen and oxygen atoms in total. The number of amides is 1. The van der Waals surface area contributed by atoms with Crippen molar-refractivity contribution in [2.75, 3.05) is 26.3 Å². The van der Waals surface area contributed by atoms with Gasteiger partial charge in [-0.2, -0.15) is 0 Å². The van der Waals surface area contributed by atoms with Crippen LogP contribution in [0.1, 0.15) is 39.0 Å². The average molecular weight is 240 g/mol. The summed E-state index contributed by atoms with van der Waals surface area (Å²) in [5.41, 5.74) is -0.185. The van der Waals surface area contributed by atoms with Gasteiger partial charge in [-0.25, -0.2) is 0 Å². The summed E-state index contributed by atoms with van der Waals surface area (Å²) in [6.45, 7) is 5.50. The van der Waals surface area contributed by atoms with Crippen LogP contribution in [0.3, 0.4) is 0 Å². The van der Waals surface area contributed by atoms with Gasteiger partial charge in [-0.05, 0) is 38.6 Å². The van der Waals surface area contributed by atoms with Crippen LogP contribution < -0.4 is 10.6 Å². The highest BCUT2D eigenvalue weighted by molar-refractivity contribution is 5.83. The molecule has 98 valence electrons. The van der Waals surface area contributed by atoms with E-state index >= 15 is 0 Å². The Hall–Kier alpha value is -0.610. The van der Waals surface area contributed by atoms with E-state index in [-0.39, 0.29) is 17.4 Å². The van der Waals surface area contributed by atoms with Crippen LogP contribution in [0.4, 0.5) is 0 Å². The lowest BCUT2D eigenvalue weighted by atomic mass is 9.77. The molecular formula is C13H24N2O2. The second kappa shape index (κ2) is 5.83. The summed E-state index contributed by atoms with van der Waals surface area (Å²) in [4.78, 5) is 12.4. The van der Waals surface area contributed by atoms with Crippen molar-refractivity contribution in [3.8, 4) is 0 Å². The molecule has 2 aliphatic heterocycles. The number of hydrogen-bond acceptors (Lipinski definition) is 3. The van der Waals surface area contributed by atoms with E-state index in [1.165, 1.54) is 0 Å². The van der Waals surface area contributed by atoms with E-state index in [0.717, 1.165) is 51.8 Å². The first-order valence-corrected chi connectivity index (χ1v) is 6.86. The molecule has 2 N–H and O–H groups in total. The number of carbonyl (C=O) groups is 1. The summed E-state index contributed by atoms with van der Waals surface area (Å²) in [6.07, 6.45) is 5.14. The lowest BCUT2D eigenvalue weighted by Crippen LogP contribution is -2.53. The molecule has 0 saturated carbocycles. The standard InChI is InChI=1S/C13H24N2O2/c1-2-13(6-4-7-14-10-13)12(16)15-11-5-3-8-17-9-11/h11,14H,2-10H2,1H3,(H,15,16). The van der Waals surface area contributed by atoms with Crippen LogP contribution in [-0.4, -0.2) is 38.3 Å². The molecule has 0 aromatic carbocycles. The smallest absolute Gasteiger partial charge is 0.227 e. The highest BCUT2D eigenvalue weighted by Gasteiger charge is 2.38. The third-order valence-electron chi connectivity index (χ3n) is 4.13. The molecule has 0 bridgehead atoms. The summed E-state index contributed by atoms with van der Waals surface area (Å²) in [6, 6.07) is 0.224. The zero-order valence-electron chi connectivity index (χ0n) is 10.8. The van der Waals surface area contributed by atoms with Gasteiger partial charge in [-0.15, -0.1) is 0 Å². The SMILES string of the molecule is CCC1(C(=O)NC2CCCOC2)CCCNC1. The highest BCUT2D eigenvalue weighted by Crippen LogP contribution is 2.30. The van der Waals surface area contributed by atoms with Crippen LogP contribution in [0.25, 0.3) is 0 Å². The minimum Gasteiger partial charge on any atom is -0.379 e. The first-order chi connectivity index (χ1) is 8.27. The molecule has 2 aliphatic rings. The van der Waals surface area contributed by atoms with E-state index in [1.807, 2.05) is 0 Å². The minimum absolute atomic E-state index is 0.185. The van der Waals surface area contributed by atoms with Gasteiger partial charge < -0.3 is 15.4 Å². The molecule has 0 aliphatic carbocycles. The Morgan fingerprint density at radius 2 is 2.41 bits per heavy atom. The van der Waals surface area contributed by atoms with E-state index in [0.29, 0.717) is 6.61 Å². The number of piperidine rings is 1. The molecule has 1 amide bonds. The van der Waals surface area contributed by atoms with Gasteiger partial charge >= 0.3 is 0 Å². The lowest BCUT2D eigenvalue weighted by molar-refractivity contribution is -0.134. The normalized spacial score (nSPS) is 34.3. The van der Waals surface area contributed by atoms with Gasteiger partial charge in [0.15, 0.2) is 0 Å². The molecule has 4 heteroatoms. The highest BCUT2D eigenvalue weighted by atomic mass is 16.5. The van der Waals surface area contributed by atoms with Gasteiger partial charge in [0.1, 0.15) is 0 Å². The molecule has 0 radical (unpaired) electrons. The van der Waals surface area contributed by atoms with Crippen LogP contribution in [-0.2, 0) is 9.53 Å². The topological polar surface area (TPSA) is 50.4 Å². The molecular weight excluding hydrogens is 216 g/mol. The van der Waals surface area contributed by atoms with E-state index in [9.17, 15) is 4.79 Å². The summed E-state index contributed by atoms with van der Waals surface area (Å²) >= 11 is 0. The fourth-order valence-corrected chi connectivity index (χ4v) is 2.82. The quantitative estimate of drug-likeness (QED) is 0.775. The van der Waals surface area contributed by atoms with Crippen molar-refractivity contribution < 1.29 is 9.53 Å². The number of rotatable bonds is 3. The summed E-state index contributed by atoms with van der Waals surface area (Å²) in [5, 5.41) is 6.53. The first kappa shape index (κ1) is 12.8. The van der Waals surface area contributed by atoms with Gasteiger partial charge in [0.05, 0.1) is 18.1 Å². The first-order valence-electron chi connectivity index (χ1n) is 6.86. The van der Waals surface area contributed by atoms with Crippen LogP contribution in [0, 0.1) is 5.41 Å². The molecule has 2 rings (SSSR count). The Bertz CT molecular complexity index is 256. The molecule has 2 unspecified atom stereocenters. The third kappa shape index (κ3) is 2.99. The van der Waals surface area contributed by atoms with E-state index < -0.39 is 0 Å². The average Bonchev–Trinajstić information content (AvgIpc) is 2.40. The Morgan fingerprint density at radius 3 is 3.00 bits per heavy atom. The van der Waals surface area contributed by atoms with E-state index in [1.54, 1.807) is 0 Å². The van der Waals surface area contributed by atoms with Crippen LogP contribution in [0.5, 0.6) is 0 Å². The maximum Gasteiger partial charge on any atom is 0.227 e. The predicted molar refractivity (Wildman–Crippen MR) is 66.8 cm³/mol. The van der Waals surface area contributed by atoms with Crippen molar-refractivity contribution in [3.05, 3.63) is 0 Å². The maximum absolute atomic E-state index is 12.4. The van der Waals surface area contributed by atoms with Crippen LogP contribution >= 0.6 is 0 Å². The predicted octanol–water partition coefficient (Wildman–Crippen LogP) is 1.06. The zero-order chi connectivity index (χ0) is 12.1. The summed E-state index contributed by atoms with van der Waals surface area (Å²) < 4.78 is 5.41. The summed E-state index contributed by atoms with van der Waals surface area (Å²) in [7, 11) is 0. The van der Waals surface area contributed by atoms with Crippen molar-refractivity contribution in [2.45, 2.75) is 45.1 Å². The lowest BCUT2D eigenvalue weighted by Gasteiger charge is -2.37. The Morgan fingerprint density at radius 1 is 1.53 bits per heavy atom. The maximum atomic E-state index is 12.4. The van der Waals surface area contributed by atoms with E-state index in [4.69, 9.17) is 4.74 Å². The molecule has 0 aromatic rings. The van der Waals surface area contributed by atoms with Crippen LogP contribution in [0.15, 0.2) is 0 Å². The molecule has 0 spiro atoms. The van der Waals surface area contributed by atoms with Crippen molar-refractivity contribution in [3.63, 3.8) is 0 Å². The molecule has 17 heavy (non-hydrogen) atoms. The molecule has 2 fully saturated rings. The van der Waals surface area contributed by atoms with Crippen molar-refractivity contribution >= 4 is 5.91 Å². The van der Waals surface area contributed by atoms with Gasteiger partial charge in [-0.1, -0.05) is 6.92 Å². The van der Waals surface area contributed by atoms with Gasteiger partial charge in [-0.3, -0.25) is 4.79 Å². The van der Waals surface area contributed by atoms with Crippen molar-refractivity contribution in [1.82, 2.24) is 10.6 Å². The van der Waals surface area contributed by atoms with Crippen molar-refractivity contribution in [2.24, 2.45) is 5.41 Å². The number of carbonyl (C=O) groups excluding carboxylic acids is 1. The monoisotopic (exact) mass is 240 g/mol. The van der Waals surface area contributed by atoms with Crippen LogP contribution in [0.2, 0.25) is 0 Å². The Kier molecular flexibility index (Phi) is 4.40. The van der Waals surface area contributed by atoms with E-state index in [2.05, 4.69) is 17.6 Å². The van der Waals surface area contributed by atoms with Crippen molar-refractivity contribution in [1.29, 1.82) is 0 Å². The Balaban J connectivity index is 1.91. The fourth-order valence-electron chi connectivity index (χ4n) is 2.82. The largest absolute Gasteiger partial charge is 0.379 e. The van der Waals surface area contributed by atoms with Gasteiger partial charge in [0.25, 0.3) is 0 Å². The molecule has 2 atom stereocenters. The summed E-state index contributed by atoms with van der Waals surface area (Å²) in [5.74, 6) is 0.225. The zero-order valence-corrected chi connectivity index (χ0v) is 10.8. The van der Waals surface area contributed by atoms with Gasteiger partial charge in [0, 0.05) is 13.2 Å². The minimum atomic E-state index is -0.185. The molecule has 0 aromatic heterocycles.